The Morgan fingerprint density at radius 1 is 1.45 bits per heavy atom. The predicted molar refractivity (Wildman–Crippen MR) is 71.1 cm³/mol. The van der Waals surface area contributed by atoms with Crippen molar-refractivity contribution in [3.8, 4) is 0 Å². The third-order valence-corrected chi connectivity index (χ3v) is 4.50. The van der Waals surface area contributed by atoms with Gasteiger partial charge in [0, 0.05) is 18.9 Å². The molecule has 1 amide bonds. The van der Waals surface area contributed by atoms with E-state index >= 15 is 0 Å². The minimum absolute atomic E-state index is 0.0592. The van der Waals surface area contributed by atoms with Crippen molar-refractivity contribution in [3.05, 3.63) is 23.7 Å². The monoisotopic (exact) mass is 277 g/mol. The Balaban J connectivity index is 1.90. The largest absolute Gasteiger partial charge is 0.481 e. The smallest absolute Gasteiger partial charge is 0.309 e. The SMILES string of the molecule is CCN1C(=O)CC(C(=O)O)C1c1ccc(C2CC2C)o1. The number of hydrogen-bond donors (Lipinski definition) is 1. The van der Waals surface area contributed by atoms with E-state index in [0.717, 1.165) is 12.2 Å². The number of likely N-dealkylation sites (tertiary alicyclic amines) is 1. The molecule has 108 valence electrons. The summed E-state index contributed by atoms with van der Waals surface area (Å²) in [6, 6.07) is 3.30. The second kappa shape index (κ2) is 4.65. The van der Waals surface area contributed by atoms with Crippen LogP contribution in [0.5, 0.6) is 0 Å². The zero-order chi connectivity index (χ0) is 14.4. The van der Waals surface area contributed by atoms with Gasteiger partial charge in [0.2, 0.25) is 5.91 Å². The van der Waals surface area contributed by atoms with E-state index in [9.17, 15) is 14.7 Å². The van der Waals surface area contributed by atoms with Crippen molar-refractivity contribution in [2.24, 2.45) is 11.8 Å². The molecule has 0 radical (unpaired) electrons. The quantitative estimate of drug-likeness (QED) is 0.917. The fourth-order valence-corrected chi connectivity index (χ4v) is 3.18. The van der Waals surface area contributed by atoms with E-state index in [2.05, 4.69) is 6.92 Å². The van der Waals surface area contributed by atoms with E-state index in [4.69, 9.17) is 4.42 Å². The van der Waals surface area contributed by atoms with Crippen molar-refractivity contribution < 1.29 is 19.1 Å². The Kier molecular flexibility index (Phi) is 3.07. The first-order chi connectivity index (χ1) is 9.52. The molecule has 0 spiro atoms. The predicted octanol–water partition coefficient (Wildman–Crippen LogP) is 2.40. The molecular formula is C15H19NO4. The van der Waals surface area contributed by atoms with Crippen molar-refractivity contribution in [2.75, 3.05) is 6.54 Å². The number of furan rings is 1. The first-order valence-corrected chi connectivity index (χ1v) is 7.14. The molecule has 1 saturated carbocycles. The van der Waals surface area contributed by atoms with E-state index in [1.807, 2.05) is 19.1 Å². The highest BCUT2D eigenvalue weighted by atomic mass is 16.4. The van der Waals surface area contributed by atoms with Gasteiger partial charge >= 0.3 is 5.97 Å². The lowest BCUT2D eigenvalue weighted by Crippen LogP contribution is -2.30. The van der Waals surface area contributed by atoms with Crippen molar-refractivity contribution in [3.63, 3.8) is 0 Å². The molecule has 5 heteroatoms. The molecule has 2 heterocycles. The van der Waals surface area contributed by atoms with Crippen LogP contribution in [-0.2, 0) is 9.59 Å². The maximum atomic E-state index is 11.9. The Labute approximate surface area is 117 Å². The molecule has 1 aliphatic heterocycles. The maximum absolute atomic E-state index is 11.9. The number of carboxylic acid groups (broad SMARTS) is 1. The van der Waals surface area contributed by atoms with Gasteiger partial charge in [-0.2, -0.15) is 0 Å². The number of carboxylic acids is 1. The van der Waals surface area contributed by atoms with E-state index in [-0.39, 0.29) is 12.3 Å². The van der Waals surface area contributed by atoms with Crippen molar-refractivity contribution in [1.29, 1.82) is 0 Å². The van der Waals surface area contributed by atoms with Crippen LogP contribution in [0, 0.1) is 11.8 Å². The number of amides is 1. The topological polar surface area (TPSA) is 70.8 Å². The van der Waals surface area contributed by atoms with Crippen molar-refractivity contribution >= 4 is 11.9 Å². The molecule has 4 atom stereocenters. The Bertz CT molecular complexity index is 550. The summed E-state index contributed by atoms with van der Waals surface area (Å²) in [4.78, 5) is 24.9. The van der Waals surface area contributed by atoms with Crippen LogP contribution in [0.1, 0.15) is 50.2 Å². The molecule has 1 aliphatic carbocycles. The fraction of sp³-hybridized carbons (Fsp3) is 0.600. The number of carbonyl (C=O) groups excluding carboxylic acids is 1. The molecule has 2 aliphatic rings. The third kappa shape index (κ3) is 2.01. The van der Waals surface area contributed by atoms with Crippen molar-refractivity contribution in [1.82, 2.24) is 4.90 Å². The van der Waals surface area contributed by atoms with E-state index in [1.54, 1.807) is 4.90 Å². The Morgan fingerprint density at radius 2 is 2.10 bits per heavy atom. The van der Waals surface area contributed by atoms with E-state index < -0.39 is 17.9 Å². The number of nitrogens with zero attached hydrogens (tertiary/aromatic N) is 1. The highest BCUT2D eigenvalue weighted by Crippen LogP contribution is 2.48. The zero-order valence-corrected chi connectivity index (χ0v) is 11.7. The van der Waals surface area contributed by atoms with Crippen LogP contribution in [0.15, 0.2) is 16.5 Å². The van der Waals surface area contributed by atoms with Crippen LogP contribution < -0.4 is 0 Å². The number of carbonyl (C=O) groups is 2. The van der Waals surface area contributed by atoms with Crippen LogP contribution >= 0.6 is 0 Å². The highest BCUT2D eigenvalue weighted by Gasteiger charge is 2.46. The molecule has 1 saturated heterocycles. The Hall–Kier alpha value is -1.78. The second-order valence-electron chi connectivity index (χ2n) is 5.83. The van der Waals surface area contributed by atoms with Gasteiger partial charge in [-0.05, 0) is 31.4 Å². The number of rotatable bonds is 4. The van der Waals surface area contributed by atoms with Gasteiger partial charge < -0.3 is 14.4 Å². The molecule has 2 fully saturated rings. The lowest BCUT2D eigenvalue weighted by Gasteiger charge is -2.23. The van der Waals surface area contributed by atoms with Crippen LogP contribution in [0.4, 0.5) is 0 Å². The molecule has 1 aromatic heterocycles. The number of aliphatic carboxylic acids is 1. The van der Waals surface area contributed by atoms with Gasteiger partial charge in [-0.25, -0.2) is 0 Å². The van der Waals surface area contributed by atoms with Crippen molar-refractivity contribution in [2.45, 2.75) is 38.6 Å². The van der Waals surface area contributed by atoms with Crippen LogP contribution in [0.25, 0.3) is 0 Å². The Morgan fingerprint density at radius 3 is 2.65 bits per heavy atom. The molecule has 5 nitrogen and oxygen atoms in total. The van der Waals surface area contributed by atoms with Gasteiger partial charge in [0.15, 0.2) is 0 Å². The first-order valence-electron chi connectivity index (χ1n) is 7.14. The first kappa shape index (κ1) is 13.2. The molecule has 20 heavy (non-hydrogen) atoms. The zero-order valence-electron chi connectivity index (χ0n) is 11.7. The standard InChI is InChI=1S/C15H19NO4/c1-3-16-13(17)7-10(15(18)19)14(16)12-5-4-11(20-12)9-6-8(9)2/h4-5,8-10,14H,3,6-7H2,1-2H3,(H,18,19). The summed E-state index contributed by atoms with van der Waals surface area (Å²) in [6.45, 7) is 4.54. The molecule has 0 aromatic carbocycles. The summed E-state index contributed by atoms with van der Waals surface area (Å²) in [6.07, 6.45) is 1.18. The van der Waals surface area contributed by atoms with Crippen LogP contribution in [-0.4, -0.2) is 28.4 Å². The summed E-state index contributed by atoms with van der Waals surface area (Å²) in [5.41, 5.74) is 0. The summed E-state index contributed by atoms with van der Waals surface area (Å²) in [5.74, 6) is 0.875. The highest BCUT2D eigenvalue weighted by molar-refractivity contribution is 5.87. The minimum Gasteiger partial charge on any atom is -0.481 e. The molecule has 1 N–H and O–H groups in total. The normalized spacial score (nSPS) is 32.7. The lowest BCUT2D eigenvalue weighted by atomic mass is 9.98. The second-order valence-corrected chi connectivity index (χ2v) is 5.83. The third-order valence-electron chi connectivity index (χ3n) is 4.50. The summed E-state index contributed by atoms with van der Waals surface area (Å²) in [7, 11) is 0. The fourth-order valence-electron chi connectivity index (χ4n) is 3.18. The van der Waals surface area contributed by atoms with Gasteiger partial charge in [-0.15, -0.1) is 0 Å². The lowest BCUT2D eigenvalue weighted by molar-refractivity contribution is -0.142. The molecule has 4 unspecified atom stereocenters. The van der Waals surface area contributed by atoms with E-state index in [0.29, 0.717) is 24.1 Å². The molecule has 3 rings (SSSR count). The molecule has 1 aromatic rings. The van der Waals surface area contributed by atoms with Gasteiger partial charge in [-0.1, -0.05) is 6.92 Å². The average molecular weight is 277 g/mol. The van der Waals surface area contributed by atoms with Crippen LogP contribution in [0.3, 0.4) is 0 Å². The minimum atomic E-state index is -0.933. The van der Waals surface area contributed by atoms with E-state index in [1.165, 1.54) is 0 Å². The van der Waals surface area contributed by atoms with Gasteiger partial charge in [0.25, 0.3) is 0 Å². The molecular weight excluding hydrogens is 258 g/mol. The molecule has 0 bridgehead atoms. The average Bonchev–Trinajstić information content (AvgIpc) is 2.86. The number of hydrogen-bond acceptors (Lipinski definition) is 3. The maximum Gasteiger partial charge on any atom is 0.309 e. The van der Waals surface area contributed by atoms with Gasteiger partial charge in [-0.3, -0.25) is 9.59 Å². The van der Waals surface area contributed by atoms with Gasteiger partial charge in [0.05, 0.1) is 5.92 Å². The summed E-state index contributed by atoms with van der Waals surface area (Å²) in [5, 5.41) is 9.33. The van der Waals surface area contributed by atoms with Gasteiger partial charge in [0.1, 0.15) is 17.6 Å². The van der Waals surface area contributed by atoms with Crippen LogP contribution in [0.2, 0.25) is 0 Å². The summed E-state index contributed by atoms with van der Waals surface area (Å²) < 4.78 is 5.87. The summed E-state index contributed by atoms with van der Waals surface area (Å²) >= 11 is 0.